The molecule has 0 N–H and O–H groups in total. The third kappa shape index (κ3) is 3.80. The average Bonchev–Trinajstić information content (AvgIpc) is 2.76. The quantitative estimate of drug-likeness (QED) is 0.809. The molecule has 7 nitrogen and oxygen atoms in total. The Morgan fingerprint density at radius 2 is 1.68 bits per heavy atom. The first kappa shape index (κ1) is 18.7. The molecule has 7 heteroatoms. The number of hydrogen-bond acceptors (Lipinski definition) is 6. The maximum absolute atomic E-state index is 12.7. The van der Waals surface area contributed by atoms with Crippen molar-refractivity contribution >= 4 is 17.4 Å². The van der Waals surface area contributed by atoms with Gasteiger partial charge in [-0.15, -0.1) is 0 Å². The zero-order valence-corrected chi connectivity index (χ0v) is 16.6. The van der Waals surface area contributed by atoms with E-state index in [1.807, 2.05) is 6.07 Å². The van der Waals surface area contributed by atoms with Gasteiger partial charge in [-0.05, 0) is 31.0 Å². The van der Waals surface area contributed by atoms with Gasteiger partial charge in [-0.2, -0.15) is 0 Å². The van der Waals surface area contributed by atoms with Crippen molar-refractivity contribution in [3.05, 3.63) is 47.4 Å². The van der Waals surface area contributed by atoms with E-state index in [2.05, 4.69) is 51.8 Å². The second-order valence-electron chi connectivity index (χ2n) is 7.36. The van der Waals surface area contributed by atoms with Gasteiger partial charge in [0.25, 0.3) is 5.91 Å². The third-order valence-corrected chi connectivity index (χ3v) is 5.69. The third-order valence-electron chi connectivity index (χ3n) is 5.69. The van der Waals surface area contributed by atoms with E-state index in [0.717, 1.165) is 32.0 Å². The number of nitrogens with zero attached hydrogens (tertiary/aromatic N) is 5. The van der Waals surface area contributed by atoms with Crippen LogP contribution in [0.25, 0.3) is 0 Å². The fraction of sp³-hybridized carbons (Fsp3) is 0.476. The number of carbonyl (C=O) groups excluding carboxylic acids is 1. The lowest BCUT2D eigenvalue weighted by molar-refractivity contribution is 0.0299. The molecule has 2 aliphatic heterocycles. The topological polar surface area (TPSA) is 61.8 Å². The lowest BCUT2D eigenvalue weighted by Gasteiger charge is -2.37. The highest BCUT2D eigenvalue weighted by Crippen LogP contribution is 2.25. The van der Waals surface area contributed by atoms with E-state index in [9.17, 15) is 4.79 Å². The van der Waals surface area contributed by atoms with Crippen molar-refractivity contribution < 1.29 is 9.53 Å². The van der Waals surface area contributed by atoms with Gasteiger partial charge in [0.1, 0.15) is 17.8 Å². The molecule has 2 aromatic rings. The molecule has 2 saturated heterocycles. The first-order valence-corrected chi connectivity index (χ1v) is 9.88. The van der Waals surface area contributed by atoms with Gasteiger partial charge in [-0.1, -0.05) is 12.1 Å². The summed E-state index contributed by atoms with van der Waals surface area (Å²) in [6.45, 7) is 10.4. The van der Waals surface area contributed by atoms with Crippen molar-refractivity contribution in [1.29, 1.82) is 0 Å². The number of aryl methyl sites for hydroxylation is 1. The molecule has 0 saturated carbocycles. The molecule has 28 heavy (non-hydrogen) atoms. The average molecular weight is 381 g/mol. The van der Waals surface area contributed by atoms with E-state index >= 15 is 0 Å². The van der Waals surface area contributed by atoms with E-state index in [1.165, 1.54) is 23.1 Å². The minimum atomic E-state index is -0.0408. The molecule has 3 heterocycles. The molecule has 1 aromatic heterocycles. The molecule has 0 aliphatic carbocycles. The number of carbonyl (C=O) groups is 1. The summed E-state index contributed by atoms with van der Waals surface area (Å²) in [5.41, 5.74) is 4.44. The fourth-order valence-corrected chi connectivity index (χ4v) is 3.82. The SMILES string of the molecule is Cc1cccc(N2CCN(c3cc(C(=O)N4CCOCC4)ncn3)CC2)c1C. The summed E-state index contributed by atoms with van der Waals surface area (Å²) in [5, 5.41) is 0. The molecule has 4 rings (SSSR count). The van der Waals surface area contributed by atoms with Crippen LogP contribution in [0.3, 0.4) is 0 Å². The van der Waals surface area contributed by atoms with Crippen LogP contribution in [0.4, 0.5) is 11.5 Å². The van der Waals surface area contributed by atoms with E-state index < -0.39 is 0 Å². The Balaban J connectivity index is 1.43. The number of rotatable bonds is 3. The van der Waals surface area contributed by atoms with Gasteiger partial charge in [-0.3, -0.25) is 4.79 Å². The lowest BCUT2D eigenvalue weighted by Crippen LogP contribution is -2.47. The molecule has 2 aliphatic rings. The van der Waals surface area contributed by atoms with Gasteiger partial charge in [0.15, 0.2) is 0 Å². The summed E-state index contributed by atoms with van der Waals surface area (Å²) in [7, 11) is 0. The van der Waals surface area contributed by atoms with Gasteiger partial charge in [0.05, 0.1) is 13.2 Å². The van der Waals surface area contributed by atoms with Gasteiger partial charge in [0.2, 0.25) is 0 Å². The monoisotopic (exact) mass is 381 g/mol. The minimum Gasteiger partial charge on any atom is -0.378 e. The van der Waals surface area contributed by atoms with Gasteiger partial charge in [-0.25, -0.2) is 9.97 Å². The van der Waals surface area contributed by atoms with Crippen molar-refractivity contribution in [2.75, 3.05) is 62.3 Å². The van der Waals surface area contributed by atoms with Crippen LogP contribution < -0.4 is 9.80 Å². The molecule has 1 amide bonds. The maximum Gasteiger partial charge on any atom is 0.272 e. The molecule has 0 radical (unpaired) electrons. The molecule has 2 fully saturated rings. The minimum absolute atomic E-state index is 0.0408. The Morgan fingerprint density at radius 3 is 2.43 bits per heavy atom. The van der Waals surface area contributed by atoms with Crippen molar-refractivity contribution in [1.82, 2.24) is 14.9 Å². The van der Waals surface area contributed by atoms with E-state index in [0.29, 0.717) is 32.0 Å². The van der Waals surface area contributed by atoms with Crippen molar-refractivity contribution in [2.45, 2.75) is 13.8 Å². The summed E-state index contributed by atoms with van der Waals surface area (Å²) in [6, 6.07) is 8.30. The van der Waals surface area contributed by atoms with Gasteiger partial charge < -0.3 is 19.4 Å². The van der Waals surface area contributed by atoms with Crippen LogP contribution in [-0.2, 0) is 4.74 Å². The predicted octanol–water partition coefficient (Wildman–Crippen LogP) is 1.89. The molecule has 0 bridgehead atoms. The predicted molar refractivity (Wildman–Crippen MR) is 109 cm³/mol. The summed E-state index contributed by atoms with van der Waals surface area (Å²) in [5.74, 6) is 0.785. The zero-order chi connectivity index (χ0) is 19.5. The van der Waals surface area contributed by atoms with Crippen LogP contribution in [0.2, 0.25) is 0 Å². The van der Waals surface area contributed by atoms with Crippen molar-refractivity contribution in [3.63, 3.8) is 0 Å². The first-order valence-electron chi connectivity index (χ1n) is 9.88. The number of benzene rings is 1. The van der Waals surface area contributed by atoms with Crippen LogP contribution in [0.15, 0.2) is 30.6 Å². The van der Waals surface area contributed by atoms with Crippen LogP contribution in [0, 0.1) is 13.8 Å². The Labute approximate surface area is 165 Å². The largest absolute Gasteiger partial charge is 0.378 e. The molecular weight excluding hydrogens is 354 g/mol. The van der Waals surface area contributed by atoms with Gasteiger partial charge >= 0.3 is 0 Å². The number of amides is 1. The Hall–Kier alpha value is -2.67. The lowest BCUT2D eigenvalue weighted by atomic mass is 10.1. The van der Waals surface area contributed by atoms with E-state index in [4.69, 9.17) is 4.74 Å². The van der Waals surface area contributed by atoms with E-state index in [1.54, 1.807) is 4.90 Å². The number of anilines is 2. The summed E-state index contributed by atoms with van der Waals surface area (Å²) in [4.78, 5) is 27.8. The fourth-order valence-electron chi connectivity index (χ4n) is 3.82. The van der Waals surface area contributed by atoms with Gasteiger partial charge in [0, 0.05) is 51.0 Å². The molecule has 0 spiro atoms. The second kappa shape index (κ2) is 8.14. The molecule has 148 valence electrons. The van der Waals surface area contributed by atoms with E-state index in [-0.39, 0.29) is 5.91 Å². The number of aromatic nitrogens is 2. The molecule has 0 unspecified atom stereocenters. The highest BCUT2D eigenvalue weighted by molar-refractivity contribution is 5.93. The molecule has 1 aromatic carbocycles. The molecule has 0 atom stereocenters. The Morgan fingerprint density at radius 1 is 0.964 bits per heavy atom. The van der Waals surface area contributed by atoms with Crippen LogP contribution >= 0.6 is 0 Å². The van der Waals surface area contributed by atoms with Crippen molar-refractivity contribution in [3.8, 4) is 0 Å². The zero-order valence-electron chi connectivity index (χ0n) is 16.6. The maximum atomic E-state index is 12.7. The van der Waals surface area contributed by atoms with Crippen LogP contribution in [0.5, 0.6) is 0 Å². The second-order valence-corrected chi connectivity index (χ2v) is 7.36. The number of hydrogen-bond donors (Lipinski definition) is 0. The first-order chi connectivity index (χ1) is 13.6. The summed E-state index contributed by atoms with van der Waals surface area (Å²) >= 11 is 0. The van der Waals surface area contributed by atoms with Crippen LogP contribution in [0.1, 0.15) is 21.6 Å². The Bertz CT molecular complexity index is 842. The molecular formula is C21H27N5O2. The standard InChI is InChI=1S/C21H27N5O2/c1-16-4-3-5-19(17(16)2)24-6-8-25(9-7-24)20-14-18(22-15-23-20)21(27)26-10-12-28-13-11-26/h3-5,14-15H,6-13H2,1-2H3. The van der Waals surface area contributed by atoms with Crippen molar-refractivity contribution in [2.24, 2.45) is 0 Å². The highest BCUT2D eigenvalue weighted by Gasteiger charge is 2.23. The number of piperazine rings is 1. The number of ether oxygens (including phenoxy) is 1. The summed E-state index contributed by atoms with van der Waals surface area (Å²) < 4.78 is 5.33. The number of morpholine rings is 1. The Kier molecular flexibility index (Phi) is 5.43. The summed E-state index contributed by atoms with van der Waals surface area (Å²) in [6.07, 6.45) is 1.50. The smallest absolute Gasteiger partial charge is 0.272 e. The highest BCUT2D eigenvalue weighted by atomic mass is 16.5. The normalized spacial score (nSPS) is 17.7. The van der Waals surface area contributed by atoms with Crippen LogP contribution in [-0.4, -0.2) is 73.3 Å².